The highest BCUT2D eigenvalue weighted by Crippen LogP contribution is 2.13. The number of nitrogens with one attached hydrogen (secondary N) is 1. The summed E-state index contributed by atoms with van der Waals surface area (Å²) < 4.78 is 40.5. The lowest BCUT2D eigenvalue weighted by Crippen LogP contribution is -2.53. The van der Waals surface area contributed by atoms with E-state index >= 15 is 0 Å². The number of hydrogen-bond donors (Lipinski definition) is 2. The summed E-state index contributed by atoms with van der Waals surface area (Å²) in [5.41, 5.74) is 0. The van der Waals surface area contributed by atoms with Crippen molar-refractivity contribution >= 4 is 17.8 Å². The molecule has 0 radical (unpaired) electrons. The van der Waals surface area contributed by atoms with Crippen molar-refractivity contribution in [3.05, 3.63) is 0 Å². The smallest absolute Gasteiger partial charge is 0.405 e. The average molecular weight is 298 g/mol. The van der Waals surface area contributed by atoms with Crippen molar-refractivity contribution in [2.45, 2.75) is 18.6 Å². The van der Waals surface area contributed by atoms with Crippen LogP contribution in [0.2, 0.25) is 0 Å². The van der Waals surface area contributed by atoms with Gasteiger partial charge in [-0.25, -0.2) is 4.79 Å². The topological polar surface area (TPSA) is 95.9 Å². The molecule has 0 aromatic rings. The maximum Gasteiger partial charge on any atom is 0.405 e. The summed E-state index contributed by atoms with van der Waals surface area (Å²) in [6, 6.07) is -1.23. The quantitative estimate of drug-likeness (QED) is 0.674. The van der Waals surface area contributed by atoms with Gasteiger partial charge in [0.15, 0.2) is 6.04 Å². The Labute approximate surface area is 111 Å². The SMILES string of the molecule is O=C(CC(=O)N1CCOCC1C(=O)O)NCC(F)(F)F. The molecule has 0 aromatic carbocycles. The summed E-state index contributed by atoms with van der Waals surface area (Å²) in [4.78, 5) is 34.7. The number of carbonyl (C=O) groups excluding carboxylic acids is 2. The molecule has 0 aliphatic carbocycles. The molecule has 7 nitrogen and oxygen atoms in total. The number of morpholine rings is 1. The van der Waals surface area contributed by atoms with E-state index in [1.165, 1.54) is 0 Å². The van der Waals surface area contributed by atoms with Crippen molar-refractivity contribution in [3.8, 4) is 0 Å². The van der Waals surface area contributed by atoms with Crippen LogP contribution in [0.15, 0.2) is 0 Å². The van der Waals surface area contributed by atoms with Gasteiger partial charge in [-0.05, 0) is 0 Å². The van der Waals surface area contributed by atoms with Crippen LogP contribution in [0.1, 0.15) is 6.42 Å². The number of hydrogen-bond acceptors (Lipinski definition) is 4. The fourth-order valence-electron chi connectivity index (χ4n) is 1.61. The van der Waals surface area contributed by atoms with E-state index in [-0.39, 0.29) is 19.8 Å². The largest absolute Gasteiger partial charge is 0.480 e. The van der Waals surface area contributed by atoms with Crippen molar-refractivity contribution in [1.82, 2.24) is 10.2 Å². The molecule has 1 unspecified atom stereocenters. The second-order valence-corrected chi connectivity index (χ2v) is 4.08. The van der Waals surface area contributed by atoms with E-state index < -0.39 is 43.0 Å². The van der Waals surface area contributed by atoms with Gasteiger partial charge in [-0.2, -0.15) is 13.2 Å². The molecule has 1 atom stereocenters. The predicted octanol–water partition coefficient (Wildman–Crippen LogP) is -0.633. The Bertz CT molecular complexity index is 399. The molecule has 1 heterocycles. The Morgan fingerprint density at radius 3 is 2.55 bits per heavy atom. The molecule has 1 rings (SSSR count). The normalized spacial score (nSPS) is 19.6. The van der Waals surface area contributed by atoms with Crippen LogP contribution >= 0.6 is 0 Å². The van der Waals surface area contributed by atoms with E-state index in [1.54, 1.807) is 5.32 Å². The zero-order valence-corrected chi connectivity index (χ0v) is 10.3. The minimum absolute atomic E-state index is 0.0254. The molecule has 1 saturated heterocycles. The zero-order valence-electron chi connectivity index (χ0n) is 10.3. The number of aliphatic carboxylic acids is 1. The summed E-state index contributed by atoms with van der Waals surface area (Å²) in [5.74, 6) is -3.25. The second-order valence-electron chi connectivity index (χ2n) is 4.08. The molecule has 2 amide bonds. The van der Waals surface area contributed by atoms with Crippen LogP contribution in [-0.4, -0.2) is 66.3 Å². The predicted molar refractivity (Wildman–Crippen MR) is 57.6 cm³/mol. The van der Waals surface area contributed by atoms with E-state index in [4.69, 9.17) is 9.84 Å². The first-order valence-corrected chi connectivity index (χ1v) is 5.64. The van der Waals surface area contributed by atoms with E-state index in [0.717, 1.165) is 4.90 Å². The number of alkyl halides is 3. The summed E-state index contributed by atoms with van der Waals surface area (Å²) in [5, 5.41) is 10.4. The standard InChI is InChI=1S/C10H13F3N2O5/c11-10(12,13)5-14-7(16)3-8(17)15-1-2-20-4-6(15)9(18)19/h6H,1-5H2,(H,14,16)(H,18,19). The molecule has 0 aromatic heterocycles. The number of carboxylic acids is 1. The molecule has 0 bridgehead atoms. The highest BCUT2D eigenvalue weighted by molar-refractivity contribution is 5.98. The Kier molecular flexibility index (Phi) is 5.31. The van der Waals surface area contributed by atoms with Crippen LogP contribution in [0, 0.1) is 0 Å². The minimum Gasteiger partial charge on any atom is -0.480 e. The molecule has 114 valence electrons. The molecule has 1 fully saturated rings. The Hall–Kier alpha value is -1.84. The van der Waals surface area contributed by atoms with Gasteiger partial charge in [-0.3, -0.25) is 9.59 Å². The number of ether oxygens (including phenoxy) is 1. The first kappa shape index (κ1) is 16.2. The number of halogens is 3. The summed E-state index contributed by atoms with van der Waals surface area (Å²) >= 11 is 0. The number of carboxylic acid groups (broad SMARTS) is 1. The molecular formula is C10H13F3N2O5. The lowest BCUT2D eigenvalue weighted by molar-refractivity contribution is -0.159. The number of carbonyl (C=O) groups is 3. The van der Waals surface area contributed by atoms with Gasteiger partial charge in [0.1, 0.15) is 13.0 Å². The fraction of sp³-hybridized carbons (Fsp3) is 0.700. The third-order valence-electron chi connectivity index (χ3n) is 2.53. The van der Waals surface area contributed by atoms with Gasteiger partial charge in [-0.1, -0.05) is 0 Å². The molecule has 0 saturated carbocycles. The highest BCUT2D eigenvalue weighted by Gasteiger charge is 2.34. The molecule has 1 aliphatic rings. The van der Waals surface area contributed by atoms with Crippen LogP contribution in [0.4, 0.5) is 13.2 Å². The van der Waals surface area contributed by atoms with Crippen LogP contribution < -0.4 is 5.32 Å². The maximum atomic E-state index is 11.9. The maximum absolute atomic E-state index is 11.9. The van der Waals surface area contributed by atoms with Gasteiger partial charge in [-0.15, -0.1) is 0 Å². The van der Waals surface area contributed by atoms with Gasteiger partial charge in [0, 0.05) is 6.54 Å². The summed E-state index contributed by atoms with van der Waals surface area (Å²) in [6.45, 7) is -1.67. The third-order valence-corrected chi connectivity index (χ3v) is 2.53. The van der Waals surface area contributed by atoms with Gasteiger partial charge in [0.25, 0.3) is 0 Å². The van der Waals surface area contributed by atoms with Gasteiger partial charge < -0.3 is 20.1 Å². The van der Waals surface area contributed by atoms with Gasteiger partial charge in [0.2, 0.25) is 11.8 Å². The van der Waals surface area contributed by atoms with E-state index in [1.807, 2.05) is 0 Å². The highest BCUT2D eigenvalue weighted by atomic mass is 19.4. The first-order valence-electron chi connectivity index (χ1n) is 5.64. The van der Waals surface area contributed by atoms with E-state index in [0.29, 0.717) is 0 Å². The molecule has 2 N–H and O–H groups in total. The van der Waals surface area contributed by atoms with Crippen LogP contribution in [0.5, 0.6) is 0 Å². The van der Waals surface area contributed by atoms with Crippen molar-refractivity contribution in [1.29, 1.82) is 0 Å². The minimum atomic E-state index is -4.57. The molecule has 1 aliphatic heterocycles. The Morgan fingerprint density at radius 1 is 1.35 bits per heavy atom. The lowest BCUT2D eigenvalue weighted by atomic mass is 10.2. The number of rotatable bonds is 4. The molecular weight excluding hydrogens is 285 g/mol. The molecule has 20 heavy (non-hydrogen) atoms. The average Bonchev–Trinajstić information content (AvgIpc) is 2.35. The van der Waals surface area contributed by atoms with Crippen LogP contribution in [0.25, 0.3) is 0 Å². The fourth-order valence-corrected chi connectivity index (χ4v) is 1.61. The van der Waals surface area contributed by atoms with Gasteiger partial charge in [0.05, 0.1) is 13.2 Å². The Morgan fingerprint density at radius 2 is 2.00 bits per heavy atom. The first-order chi connectivity index (χ1) is 9.20. The van der Waals surface area contributed by atoms with Crippen molar-refractivity contribution in [2.24, 2.45) is 0 Å². The zero-order chi connectivity index (χ0) is 15.3. The molecule has 0 spiro atoms. The van der Waals surface area contributed by atoms with Crippen molar-refractivity contribution in [3.63, 3.8) is 0 Å². The van der Waals surface area contributed by atoms with Crippen molar-refractivity contribution < 1.29 is 37.4 Å². The third kappa shape index (κ3) is 5.03. The van der Waals surface area contributed by atoms with Crippen LogP contribution in [0.3, 0.4) is 0 Å². The van der Waals surface area contributed by atoms with Gasteiger partial charge >= 0.3 is 12.1 Å². The lowest BCUT2D eigenvalue weighted by Gasteiger charge is -2.32. The van der Waals surface area contributed by atoms with E-state index in [2.05, 4.69) is 0 Å². The van der Waals surface area contributed by atoms with Crippen LogP contribution in [-0.2, 0) is 19.1 Å². The second kappa shape index (κ2) is 6.55. The Balaban J connectivity index is 2.52. The monoisotopic (exact) mass is 298 g/mol. The van der Waals surface area contributed by atoms with Crippen molar-refractivity contribution in [2.75, 3.05) is 26.3 Å². The number of nitrogens with zero attached hydrogens (tertiary/aromatic N) is 1. The number of amides is 2. The molecule has 10 heteroatoms. The summed E-state index contributed by atoms with van der Waals surface area (Å²) in [7, 11) is 0. The summed E-state index contributed by atoms with van der Waals surface area (Å²) in [6.07, 6.45) is -5.40. The van der Waals surface area contributed by atoms with E-state index in [9.17, 15) is 27.6 Å².